The number of aromatic nitrogens is 3. The number of benzene rings is 1. The maximum absolute atomic E-state index is 14.7. The molecule has 0 radical (unpaired) electrons. The zero-order chi connectivity index (χ0) is 27.2. The second kappa shape index (κ2) is 9.86. The molecule has 0 amide bonds. The topological polar surface area (TPSA) is 78.7 Å². The molecule has 1 fully saturated rings. The summed E-state index contributed by atoms with van der Waals surface area (Å²) < 4.78 is 86.1. The third-order valence-corrected chi connectivity index (χ3v) is 6.30. The summed E-state index contributed by atoms with van der Waals surface area (Å²) in [6, 6.07) is 3.49. The molecule has 38 heavy (non-hydrogen) atoms. The molecule has 0 bridgehead atoms. The largest absolute Gasteiger partial charge is 0.472 e. The number of hydrogen-bond acceptors (Lipinski definition) is 7. The van der Waals surface area contributed by atoms with Crippen LogP contribution in [0.15, 0.2) is 35.3 Å². The van der Waals surface area contributed by atoms with Gasteiger partial charge in [0.1, 0.15) is 23.9 Å². The summed E-state index contributed by atoms with van der Waals surface area (Å²) in [5.74, 6) is -2.89. The maximum Gasteiger partial charge on any atom is 0.433 e. The molecule has 0 N–H and O–H groups in total. The van der Waals surface area contributed by atoms with Gasteiger partial charge in [-0.15, -0.1) is 0 Å². The number of ether oxygens (including phenoxy) is 3. The lowest BCUT2D eigenvalue weighted by molar-refractivity contribution is -0.141. The van der Waals surface area contributed by atoms with Crippen LogP contribution in [0.1, 0.15) is 36.6 Å². The molecule has 1 atom stereocenters. The van der Waals surface area contributed by atoms with E-state index in [1.54, 1.807) is 4.57 Å². The Morgan fingerprint density at radius 2 is 1.92 bits per heavy atom. The van der Waals surface area contributed by atoms with Crippen molar-refractivity contribution in [3.63, 3.8) is 0 Å². The molecule has 2 aliphatic heterocycles. The van der Waals surface area contributed by atoms with E-state index in [2.05, 4.69) is 14.9 Å². The van der Waals surface area contributed by atoms with Crippen molar-refractivity contribution in [3.05, 3.63) is 69.4 Å². The predicted octanol–water partition coefficient (Wildman–Crippen LogP) is 4.65. The van der Waals surface area contributed by atoms with Crippen molar-refractivity contribution >= 4 is 5.82 Å². The zero-order valence-electron chi connectivity index (χ0n) is 20.4. The molecule has 5 rings (SSSR count). The van der Waals surface area contributed by atoms with Gasteiger partial charge in [0.05, 0.1) is 31.4 Å². The number of alkyl halides is 3. The van der Waals surface area contributed by atoms with Crippen molar-refractivity contribution in [3.8, 4) is 17.4 Å². The van der Waals surface area contributed by atoms with Crippen LogP contribution in [0.2, 0.25) is 0 Å². The molecule has 202 valence electrons. The molecule has 0 saturated carbocycles. The van der Waals surface area contributed by atoms with Gasteiger partial charge >= 0.3 is 11.9 Å². The van der Waals surface area contributed by atoms with Crippen LogP contribution in [0.3, 0.4) is 0 Å². The summed E-state index contributed by atoms with van der Waals surface area (Å²) in [5, 5.41) is 0. The number of halogens is 5. The van der Waals surface area contributed by atoms with Gasteiger partial charge in [-0.25, -0.2) is 13.6 Å². The third-order valence-electron chi connectivity index (χ3n) is 6.30. The van der Waals surface area contributed by atoms with Crippen LogP contribution in [-0.4, -0.2) is 40.3 Å². The molecule has 4 heterocycles. The lowest BCUT2D eigenvalue weighted by atomic mass is 10.0. The molecular weight excluding hydrogens is 515 g/mol. The Labute approximate surface area is 213 Å². The fraction of sp³-hybridized carbons (Fsp3) is 0.400. The van der Waals surface area contributed by atoms with Crippen molar-refractivity contribution in [1.29, 1.82) is 0 Å². The molecule has 8 nitrogen and oxygen atoms in total. The van der Waals surface area contributed by atoms with E-state index >= 15 is 0 Å². The fourth-order valence-electron chi connectivity index (χ4n) is 4.62. The van der Waals surface area contributed by atoms with Gasteiger partial charge in [-0.3, -0.25) is 9.55 Å². The number of nitrogens with zero attached hydrogens (tertiary/aromatic N) is 4. The average Bonchev–Trinajstić information content (AvgIpc) is 3.24. The first kappa shape index (κ1) is 25.9. The number of fused-ring (bicyclic) bond motifs is 3. The molecule has 3 aromatic rings. The monoisotopic (exact) mass is 538 g/mol. The standard InChI is InChI=1S/C25H23F5N4O4/c1-13(2)20-22(32-24(35)34-10-15-12-36-6-5-33(15)23(20)34)37-11-14-7-17(26)21(18(27)8-14)38-16-3-4-31-19(9-16)25(28,29)30/h3-4,7-9,13,15H,5-6,10-12H2,1-2H3. The summed E-state index contributed by atoms with van der Waals surface area (Å²) in [5.41, 5.74) is -0.985. The van der Waals surface area contributed by atoms with E-state index < -0.39 is 40.7 Å². The molecule has 2 aromatic heterocycles. The van der Waals surface area contributed by atoms with Gasteiger partial charge in [0.25, 0.3) is 0 Å². The van der Waals surface area contributed by atoms with E-state index in [-0.39, 0.29) is 30.0 Å². The number of pyridine rings is 1. The molecule has 2 aliphatic rings. The predicted molar refractivity (Wildman–Crippen MR) is 125 cm³/mol. The Balaban J connectivity index is 1.39. The zero-order valence-corrected chi connectivity index (χ0v) is 20.4. The summed E-state index contributed by atoms with van der Waals surface area (Å²) in [6.45, 7) is 5.59. The van der Waals surface area contributed by atoms with Gasteiger partial charge in [-0.1, -0.05) is 13.8 Å². The molecule has 1 unspecified atom stereocenters. The van der Waals surface area contributed by atoms with Crippen LogP contribution in [0, 0.1) is 11.6 Å². The third kappa shape index (κ3) is 4.89. The highest BCUT2D eigenvalue weighted by Gasteiger charge is 2.37. The summed E-state index contributed by atoms with van der Waals surface area (Å²) in [4.78, 5) is 22.1. The van der Waals surface area contributed by atoms with Gasteiger partial charge < -0.3 is 19.1 Å². The number of morpholine rings is 1. The van der Waals surface area contributed by atoms with Crippen molar-refractivity contribution in [2.45, 2.75) is 45.1 Å². The number of hydrogen-bond donors (Lipinski definition) is 0. The van der Waals surface area contributed by atoms with Crippen LogP contribution in [0.5, 0.6) is 17.4 Å². The average molecular weight is 538 g/mol. The van der Waals surface area contributed by atoms with Crippen LogP contribution >= 0.6 is 0 Å². The fourth-order valence-corrected chi connectivity index (χ4v) is 4.62. The molecule has 1 aromatic carbocycles. The molecule has 13 heteroatoms. The quantitative estimate of drug-likeness (QED) is 0.423. The van der Waals surface area contributed by atoms with Gasteiger partial charge in [0, 0.05) is 18.8 Å². The van der Waals surface area contributed by atoms with Crippen LogP contribution in [-0.2, 0) is 24.1 Å². The van der Waals surface area contributed by atoms with Crippen LogP contribution < -0.4 is 20.1 Å². The number of rotatable bonds is 6. The minimum Gasteiger partial charge on any atom is -0.472 e. The first-order valence-corrected chi connectivity index (χ1v) is 11.8. The highest BCUT2D eigenvalue weighted by atomic mass is 19.4. The van der Waals surface area contributed by atoms with Crippen molar-refractivity contribution in [1.82, 2.24) is 14.5 Å². The number of anilines is 1. The van der Waals surface area contributed by atoms with Gasteiger partial charge in [0.15, 0.2) is 17.4 Å². The Morgan fingerprint density at radius 1 is 1.18 bits per heavy atom. The van der Waals surface area contributed by atoms with Crippen molar-refractivity contribution < 1.29 is 36.2 Å². The maximum atomic E-state index is 14.7. The van der Waals surface area contributed by atoms with E-state index in [0.29, 0.717) is 43.8 Å². The van der Waals surface area contributed by atoms with Crippen molar-refractivity contribution in [2.75, 3.05) is 24.7 Å². The summed E-state index contributed by atoms with van der Waals surface area (Å²) in [6.07, 6.45) is -3.92. The van der Waals surface area contributed by atoms with E-state index in [9.17, 15) is 26.7 Å². The molecule has 1 saturated heterocycles. The Hall–Kier alpha value is -3.74. The first-order chi connectivity index (χ1) is 18.0. The van der Waals surface area contributed by atoms with Gasteiger partial charge in [-0.2, -0.15) is 18.2 Å². The van der Waals surface area contributed by atoms with E-state index in [4.69, 9.17) is 14.2 Å². The molecular formula is C25H23F5N4O4. The minimum atomic E-state index is -4.75. The van der Waals surface area contributed by atoms with Crippen molar-refractivity contribution in [2.24, 2.45) is 0 Å². The highest BCUT2D eigenvalue weighted by molar-refractivity contribution is 5.57. The lowest BCUT2D eigenvalue weighted by Gasteiger charge is -2.32. The molecule has 0 spiro atoms. The van der Waals surface area contributed by atoms with Crippen LogP contribution in [0.4, 0.5) is 27.8 Å². The Morgan fingerprint density at radius 3 is 2.61 bits per heavy atom. The highest BCUT2D eigenvalue weighted by Crippen LogP contribution is 2.39. The normalized spacial score (nSPS) is 16.9. The van der Waals surface area contributed by atoms with E-state index in [0.717, 1.165) is 24.4 Å². The van der Waals surface area contributed by atoms with Gasteiger partial charge in [-0.05, 0) is 29.7 Å². The van der Waals surface area contributed by atoms with E-state index in [1.165, 1.54) is 0 Å². The molecule has 0 aliphatic carbocycles. The minimum absolute atomic E-state index is 0.00865. The van der Waals surface area contributed by atoms with E-state index in [1.807, 2.05) is 13.8 Å². The lowest BCUT2D eigenvalue weighted by Crippen LogP contribution is -2.43. The Bertz CT molecular complexity index is 1400. The smallest absolute Gasteiger partial charge is 0.433 e. The summed E-state index contributed by atoms with van der Waals surface area (Å²) in [7, 11) is 0. The second-order valence-corrected chi connectivity index (χ2v) is 9.28. The summed E-state index contributed by atoms with van der Waals surface area (Å²) >= 11 is 0. The second-order valence-electron chi connectivity index (χ2n) is 9.28. The first-order valence-electron chi connectivity index (χ1n) is 11.8. The SMILES string of the molecule is CC(C)c1c(OCc2cc(F)c(Oc3ccnc(C(F)(F)F)c3)c(F)c2)nc(=O)n2c1N1CCOCC1C2. The van der Waals surface area contributed by atoms with Crippen LogP contribution in [0.25, 0.3) is 0 Å². The van der Waals surface area contributed by atoms with Gasteiger partial charge in [0.2, 0.25) is 5.88 Å². The Kier molecular flexibility index (Phi) is 6.72.